The quantitative estimate of drug-likeness (QED) is 0.100. The number of nitro groups is 1. The Bertz CT molecular complexity index is 1600. The number of thioether (sulfide) groups is 1. The van der Waals surface area contributed by atoms with Crippen LogP contribution in [0.3, 0.4) is 0 Å². The molecule has 1 unspecified atom stereocenters. The molecule has 6 rings (SSSR count). The number of aryl methyl sites for hydroxylation is 1. The van der Waals surface area contributed by atoms with E-state index in [4.69, 9.17) is 9.47 Å². The van der Waals surface area contributed by atoms with Crippen molar-refractivity contribution in [3.05, 3.63) is 106 Å². The lowest BCUT2D eigenvalue weighted by molar-refractivity contribution is -0.389. The molecule has 1 saturated heterocycles. The number of fused-ring (bicyclic) bond motifs is 1. The molecule has 0 aliphatic carbocycles. The van der Waals surface area contributed by atoms with E-state index in [1.54, 1.807) is 16.3 Å². The zero-order valence-corrected chi connectivity index (χ0v) is 26.4. The molecule has 1 atom stereocenters. The molecule has 1 aromatic heterocycles. The number of halogens is 4. The van der Waals surface area contributed by atoms with Gasteiger partial charge < -0.3 is 24.5 Å². The van der Waals surface area contributed by atoms with Crippen molar-refractivity contribution in [3.8, 4) is 11.8 Å². The first-order chi connectivity index (χ1) is 21.7. The van der Waals surface area contributed by atoms with Crippen LogP contribution in [-0.4, -0.2) is 58.3 Å². The highest BCUT2D eigenvalue weighted by Crippen LogP contribution is 2.31. The number of piperazine rings is 1. The maximum atomic E-state index is 12.8. The van der Waals surface area contributed by atoms with Gasteiger partial charge in [0.25, 0.3) is 0 Å². The van der Waals surface area contributed by atoms with E-state index in [2.05, 4.69) is 51.2 Å². The molecule has 1 fully saturated rings. The highest BCUT2D eigenvalue weighted by molar-refractivity contribution is 7.98. The third-order valence-electron chi connectivity index (χ3n) is 7.90. The molecule has 0 spiro atoms. The monoisotopic (exact) mass is 675 g/mol. The maximum absolute atomic E-state index is 12.8. The molecule has 0 saturated carbocycles. The number of ether oxygens (including phenoxy) is 2. The summed E-state index contributed by atoms with van der Waals surface area (Å²) in [6, 6.07) is 22.0. The van der Waals surface area contributed by atoms with Gasteiger partial charge in [-0.2, -0.15) is 13.2 Å². The Balaban J connectivity index is 0.00000417. The van der Waals surface area contributed by atoms with Crippen molar-refractivity contribution in [2.24, 2.45) is 0 Å². The lowest BCUT2D eigenvalue weighted by Crippen LogP contribution is -2.45. The second kappa shape index (κ2) is 14.7. The van der Waals surface area contributed by atoms with E-state index in [0.29, 0.717) is 25.3 Å². The summed E-state index contributed by atoms with van der Waals surface area (Å²) >= 11 is 1.61. The second-order valence-electron chi connectivity index (χ2n) is 11.1. The highest BCUT2D eigenvalue weighted by Gasteiger charge is 2.30. The molecule has 2 aliphatic rings. The van der Waals surface area contributed by atoms with Gasteiger partial charge in [0.2, 0.25) is 0 Å². The van der Waals surface area contributed by atoms with Crippen LogP contribution in [0.25, 0.3) is 0 Å². The van der Waals surface area contributed by atoms with Gasteiger partial charge in [-0.3, -0.25) is 9.47 Å². The predicted molar refractivity (Wildman–Crippen MR) is 172 cm³/mol. The fourth-order valence-corrected chi connectivity index (χ4v) is 6.20. The molecular weight excluding hydrogens is 643 g/mol. The van der Waals surface area contributed by atoms with Crippen molar-refractivity contribution in [1.82, 2.24) is 14.5 Å². The standard InChI is InChI=1S/C32H32F3N5O4S.ClH/c33-32(34,35)25-5-1-24(2-6-25)22-45-29-11-3-23(4-12-29)19-37-15-17-38(18-16-37)26-7-9-27(10-8-26)43-21-28-13-14-39-20-30(40(41)42)36-31(39)44-28;/h1-12,20,28H,13-19,21-22H2;1H. The van der Waals surface area contributed by atoms with Crippen molar-refractivity contribution in [2.75, 3.05) is 37.7 Å². The zero-order chi connectivity index (χ0) is 31.4. The third kappa shape index (κ3) is 8.45. The Labute approximate surface area is 274 Å². The van der Waals surface area contributed by atoms with Crippen LogP contribution < -0.4 is 14.4 Å². The lowest BCUT2D eigenvalue weighted by Gasteiger charge is -2.36. The molecule has 9 nitrogen and oxygen atoms in total. The Morgan fingerprint density at radius 1 is 0.935 bits per heavy atom. The van der Waals surface area contributed by atoms with E-state index in [0.717, 1.165) is 66.8 Å². The van der Waals surface area contributed by atoms with Crippen molar-refractivity contribution < 1.29 is 27.6 Å². The Hall–Kier alpha value is -3.94. The maximum Gasteiger partial charge on any atom is 0.416 e. The van der Waals surface area contributed by atoms with Crippen molar-refractivity contribution in [1.29, 1.82) is 0 Å². The van der Waals surface area contributed by atoms with E-state index in [1.165, 1.54) is 23.9 Å². The molecule has 0 bridgehead atoms. The minimum Gasteiger partial charge on any atom is -0.490 e. The molecule has 0 N–H and O–H groups in total. The molecule has 14 heteroatoms. The lowest BCUT2D eigenvalue weighted by atomic mass is 10.1. The molecule has 4 aromatic rings. The average molecular weight is 676 g/mol. The van der Waals surface area contributed by atoms with Crippen molar-refractivity contribution in [3.63, 3.8) is 0 Å². The van der Waals surface area contributed by atoms with Gasteiger partial charge >= 0.3 is 18.0 Å². The van der Waals surface area contributed by atoms with Gasteiger partial charge in [-0.05, 0) is 64.6 Å². The summed E-state index contributed by atoms with van der Waals surface area (Å²) in [5, 5.41) is 11.0. The van der Waals surface area contributed by atoms with Crippen molar-refractivity contribution in [2.45, 2.75) is 42.4 Å². The number of rotatable bonds is 10. The minimum atomic E-state index is -4.31. The number of aromatic nitrogens is 2. The number of hydrogen-bond donors (Lipinski definition) is 0. The fraction of sp³-hybridized carbons (Fsp3) is 0.344. The smallest absolute Gasteiger partial charge is 0.416 e. The summed E-state index contributed by atoms with van der Waals surface area (Å²) in [5.74, 6) is 1.14. The zero-order valence-electron chi connectivity index (χ0n) is 24.8. The highest BCUT2D eigenvalue weighted by atomic mass is 35.5. The molecule has 46 heavy (non-hydrogen) atoms. The van der Waals surface area contributed by atoms with Crippen LogP contribution in [0.4, 0.5) is 24.7 Å². The van der Waals surface area contributed by atoms with Crippen LogP contribution in [0.2, 0.25) is 0 Å². The topological polar surface area (TPSA) is 85.9 Å². The molecule has 2 aliphatic heterocycles. The number of anilines is 1. The van der Waals surface area contributed by atoms with Crippen LogP contribution in [-0.2, 0) is 25.0 Å². The Kier molecular flexibility index (Phi) is 10.6. The van der Waals surface area contributed by atoms with Crippen LogP contribution >= 0.6 is 24.2 Å². The minimum absolute atomic E-state index is 0. The summed E-state index contributed by atoms with van der Waals surface area (Å²) in [6.45, 7) is 5.49. The molecular formula is C32H33ClF3N5O4S. The number of imidazole rings is 1. The first-order valence-corrected chi connectivity index (χ1v) is 15.6. The molecule has 3 heterocycles. The van der Waals surface area contributed by atoms with Crippen LogP contribution in [0.5, 0.6) is 11.8 Å². The first kappa shape index (κ1) is 33.4. The summed E-state index contributed by atoms with van der Waals surface area (Å²) in [7, 11) is 0. The van der Waals surface area contributed by atoms with Gasteiger partial charge in [-0.1, -0.05) is 24.3 Å². The van der Waals surface area contributed by atoms with E-state index >= 15 is 0 Å². The Morgan fingerprint density at radius 2 is 1.61 bits per heavy atom. The number of benzene rings is 3. The molecule has 0 radical (unpaired) electrons. The first-order valence-electron chi connectivity index (χ1n) is 14.7. The molecule has 0 amide bonds. The average Bonchev–Trinajstić information content (AvgIpc) is 3.48. The van der Waals surface area contributed by atoms with E-state index < -0.39 is 16.7 Å². The van der Waals surface area contributed by atoms with Gasteiger partial charge in [0, 0.05) is 67.0 Å². The van der Waals surface area contributed by atoms with Gasteiger partial charge in [0.1, 0.15) is 24.7 Å². The van der Waals surface area contributed by atoms with Gasteiger partial charge in [0.05, 0.1) is 5.56 Å². The van der Waals surface area contributed by atoms with E-state index in [9.17, 15) is 23.3 Å². The van der Waals surface area contributed by atoms with Gasteiger partial charge in [0.15, 0.2) is 0 Å². The van der Waals surface area contributed by atoms with Crippen LogP contribution in [0.15, 0.2) is 83.9 Å². The van der Waals surface area contributed by atoms with Crippen LogP contribution in [0.1, 0.15) is 23.1 Å². The molecule has 3 aromatic carbocycles. The van der Waals surface area contributed by atoms with Crippen molar-refractivity contribution >= 4 is 35.7 Å². The fourth-order valence-electron chi connectivity index (χ4n) is 5.35. The largest absolute Gasteiger partial charge is 0.490 e. The van der Waals surface area contributed by atoms with Gasteiger partial charge in [-0.25, -0.2) is 0 Å². The Morgan fingerprint density at radius 3 is 2.26 bits per heavy atom. The SMILES string of the molecule is Cl.O=[N+]([O-])c1cn2c(n1)OC(COc1ccc(N3CCN(Cc4ccc(SCc5ccc(C(F)(F)F)cc5)cc4)CC3)cc1)CC2. The summed E-state index contributed by atoms with van der Waals surface area (Å²) < 4.78 is 51.7. The number of hydrogen-bond acceptors (Lipinski definition) is 8. The van der Waals surface area contributed by atoms with Gasteiger partial charge in [-0.15, -0.1) is 24.2 Å². The normalized spacial score (nSPS) is 16.7. The van der Waals surface area contributed by atoms with Crippen LogP contribution in [0, 0.1) is 10.1 Å². The third-order valence-corrected chi connectivity index (χ3v) is 8.99. The number of alkyl halides is 3. The molecule has 244 valence electrons. The van der Waals surface area contributed by atoms with E-state index in [-0.39, 0.29) is 30.3 Å². The summed E-state index contributed by atoms with van der Waals surface area (Å²) in [5.41, 5.74) is 2.60. The second-order valence-corrected chi connectivity index (χ2v) is 12.1. The predicted octanol–water partition coefficient (Wildman–Crippen LogP) is 7.08. The summed E-state index contributed by atoms with van der Waals surface area (Å²) in [4.78, 5) is 20.2. The summed E-state index contributed by atoms with van der Waals surface area (Å²) in [6.07, 6.45) is -2.47. The number of nitrogens with zero attached hydrogens (tertiary/aromatic N) is 5. The van der Waals surface area contributed by atoms with E-state index in [1.807, 2.05) is 12.1 Å².